The molecule has 0 atom stereocenters. The van der Waals surface area contributed by atoms with Gasteiger partial charge in [-0.2, -0.15) is 0 Å². The van der Waals surface area contributed by atoms with Crippen LogP contribution in [0.15, 0.2) is 28.7 Å². The Morgan fingerprint density at radius 1 is 1.17 bits per heavy atom. The molecule has 0 unspecified atom stereocenters. The SMILES string of the molecule is CC(=O)N(c1c(-c2ccc(C(=O)O)o2)nc2cc(C)cc(C)n12)C1CCCCC1. The van der Waals surface area contributed by atoms with Gasteiger partial charge in [0.05, 0.1) is 0 Å². The molecule has 1 aliphatic carbocycles. The largest absolute Gasteiger partial charge is 0.475 e. The van der Waals surface area contributed by atoms with Crippen molar-refractivity contribution in [3.8, 4) is 11.5 Å². The van der Waals surface area contributed by atoms with Gasteiger partial charge in [-0.15, -0.1) is 0 Å². The fraction of sp³-hybridized carbons (Fsp3) is 0.409. The van der Waals surface area contributed by atoms with Gasteiger partial charge in [0.1, 0.15) is 11.3 Å². The maximum atomic E-state index is 12.8. The Morgan fingerprint density at radius 2 is 1.90 bits per heavy atom. The molecular formula is C22H25N3O4. The molecular weight excluding hydrogens is 370 g/mol. The van der Waals surface area contributed by atoms with Crippen molar-refractivity contribution in [2.75, 3.05) is 4.90 Å². The van der Waals surface area contributed by atoms with Crippen LogP contribution in [0.25, 0.3) is 17.1 Å². The molecule has 1 N–H and O–H groups in total. The van der Waals surface area contributed by atoms with E-state index in [0.29, 0.717) is 22.9 Å². The van der Waals surface area contributed by atoms with E-state index in [-0.39, 0.29) is 17.7 Å². The molecule has 0 aliphatic heterocycles. The molecule has 152 valence electrons. The van der Waals surface area contributed by atoms with Crippen LogP contribution in [0.2, 0.25) is 0 Å². The molecule has 29 heavy (non-hydrogen) atoms. The molecule has 7 nitrogen and oxygen atoms in total. The molecule has 1 fully saturated rings. The number of aryl methyl sites for hydroxylation is 2. The van der Waals surface area contributed by atoms with Crippen LogP contribution < -0.4 is 4.90 Å². The lowest BCUT2D eigenvalue weighted by atomic mass is 9.94. The van der Waals surface area contributed by atoms with Gasteiger partial charge in [0, 0.05) is 18.7 Å². The highest BCUT2D eigenvalue weighted by Crippen LogP contribution is 2.37. The third-order valence-corrected chi connectivity index (χ3v) is 5.58. The van der Waals surface area contributed by atoms with Gasteiger partial charge in [-0.25, -0.2) is 9.78 Å². The first-order valence-corrected chi connectivity index (χ1v) is 10.00. The minimum absolute atomic E-state index is 0.0510. The number of carboxylic acids is 1. The Bertz CT molecular complexity index is 1090. The van der Waals surface area contributed by atoms with Crippen molar-refractivity contribution in [2.45, 2.75) is 58.9 Å². The number of carboxylic acid groups (broad SMARTS) is 1. The number of anilines is 1. The van der Waals surface area contributed by atoms with Crippen molar-refractivity contribution >= 4 is 23.3 Å². The second kappa shape index (κ2) is 7.39. The molecule has 3 aromatic rings. The van der Waals surface area contributed by atoms with E-state index in [1.54, 1.807) is 13.0 Å². The number of furan rings is 1. The lowest BCUT2D eigenvalue weighted by molar-refractivity contribution is -0.117. The first kappa shape index (κ1) is 19.2. The summed E-state index contributed by atoms with van der Waals surface area (Å²) in [5.74, 6) is -0.333. The van der Waals surface area contributed by atoms with Crippen LogP contribution in [0.4, 0.5) is 5.82 Å². The molecule has 4 rings (SSSR count). The van der Waals surface area contributed by atoms with Crippen molar-refractivity contribution in [1.82, 2.24) is 9.38 Å². The van der Waals surface area contributed by atoms with E-state index in [2.05, 4.69) is 0 Å². The van der Waals surface area contributed by atoms with Gasteiger partial charge in [-0.05, 0) is 56.5 Å². The molecule has 1 amide bonds. The van der Waals surface area contributed by atoms with E-state index < -0.39 is 5.97 Å². The first-order valence-electron chi connectivity index (χ1n) is 10.00. The summed E-state index contributed by atoms with van der Waals surface area (Å²) in [6.45, 7) is 5.56. The molecule has 7 heteroatoms. The molecule has 0 spiro atoms. The normalized spacial score (nSPS) is 15.0. The average molecular weight is 395 g/mol. The van der Waals surface area contributed by atoms with E-state index in [1.165, 1.54) is 12.5 Å². The zero-order chi connectivity index (χ0) is 20.7. The summed E-state index contributed by atoms with van der Waals surface area (Å²) in [4.78, 5) is 30.7. The summed E-state index contributed by atoms with van der Waals surface area (Å²) in [6, 6.07) is 7.12. The monoisotopic (exact) mass is 395 g/mol. The lowest BCUT2D eigenvalue weighted by Gasteiger charge is -2.33. The predicted molar refractivity (Wildman–Crippen MR) is 109 cm³/mol. The van der Waals surface area contributed by atoms with Crippen LogP contribution in [0.5, 0.6) is 0 Å². The Kier molecular flexibility index (Phi) is 4.90. The fourth-order valence-corrected chi connectivity index (χ4v) is 4.40. The number of rotatable bonds is 4. The van der Waals surface area contributed by atoms with Gasteiger partial charge in [-0.1, -0.05) is 19.3 Å². The maximum Gasteiger partial charge on any atom is 0.371 e. The molecule has 0 bridgehead atoms. The molecule has 0 radical (unpaired) electrons. The number of aromatic nitrogens is 2. The summed E-state index contributed by atoms with van der Waals surface area (Å²) in [7, 11) is 0. The summed E-state index contributed by atoms with van der Waals surface area (Å²) in [6.07, 6.45) is 5.23. The van der Waals surface area contributed by atoms with E-state index in [4.69, 9.17) is 9.40 Å². The van der Waals surface area contributed by atoms with Gasteiger partial charge in [0.15, 0.2) is 11.6 Å². The van der Waals surface area contributed by atoms with Crippen LogP contribution in [0.1, 0.15) is 60.8 Å². The topological polar surface area (TPSA) is 88.0 Å². The van der Waals surface area contributed by atoms with Crippen LogP contribution in [-0.4, -0.2) is 32.4 Å². The first-order chi connectivity index (χ1) is 13.9. The number of fused-ring (bicyclic) bond motifs is 1. The van der Waals surface area contributed by atoms with Crippen molar-refractivity contribution in [3.63, 3.8) is 0 Å². The fourth-order valence-electron chi connectivity index (χ4n) is 4.40. The number of carbonyl (C=O) groups excluding carboxylic acids is 1. The number of hydrogen-bond acceptors (Lipinski definition) is 4. The van der Waals surface area contributed by atoms with E-state index in [0.717, 1.165) is 36.9 Å². The minimum atomic E-state index is -1.13. The van der Waals surface area contributed by atoms with Crippen molar-refractivity contribution in [3.05, 3.63) is 41.3 Å². The van der Waals surface area contributed by atoms with Crippen LogP contribution in [0, 0.1) is 13.8 Å². The Balaban J connectivity index is 1.98. The number of imidazole rings is 1. The smallest absolute Gasteiger partial charge is 0.371 e. The van der Waals surface area contributed by atoms with Gasteiger partial charge < -0.3 is 9.52 Å². The van der Waals surface area contributed by atoms with Gasteiger partial charge in [0.25, 0.3) is 0 Å². The standard InChI is InChI=1S/C22H25N3O4/c1-13-11-14(2)24-19(12-13)23-20(17-9-10-18(29-17)22(27)28)21(24)25(15(3)26)16-7-5-4-6-8-16/h9-12,16H,4-8H2,1-3H3,(H,27,28). The third-order valence-electron chi connectivity index (χ3n) is 5.58. The molecule has 3 heterocycles. The quantitative estimate of drug-likeness (QED) is 0.698. The lowest BCUT2D eigenvalue weighted by Crippen LogP contribution is -2.41. The summed E-state index contributed by atoms with van der Waals surface area (Å²) in [5, 5.41) is 9.25. The summed E-state index contributed by atoms with van der Waals surface area (Å²) in [5.41, 5.74) is 3.23. The van der Waals surface area contributed by atoms with Gasteiger partial charge in [-0.3, -0.25) is 14.1 Å². The van der Waals surface area contributed by atoms with Crippen molar-refractivity contribution < 1.29 is 19.1 Å². The van der Waals surface area contributed by atoms with Gasteiger partial charge in [0.2, 0.25) is 11.7 Å². The third kappa shape index (κ3) is 3.41. The molecule has 1 aliphatic rings. The number of amides is 1. The highest BCUT2D eigenvalue weighted by Gasteiger charge is 2.32. The highest BCUT2D eigenvalue weighted by molar-refractivity contribution is 5.96. The number of hydrogen-bond donors (Lipinski definition) is 1. The predicted octanol–water partition coefficient (Wildman–Crippen LogP) is 4.59. The Morgan fingerprint density at radius 3 is 2.52 bits per heavy atom. The van der Waals surface area contributed by atoms with Gasteiger partial charge >= 0.3 is 5.97 Å². The number of carbonyl (C=O) groups is 2. The molecule has 0 saturated heterocycles. The Hall–Kier alpha value is -3.09. The van der Waals surface area contributed by atoms with Crippen LogP contribution >= 0.6 is 0 Å². The number of pyridine rings is 1. The minimum Gasteiger partial charge on any atom is -0.475 e. The second-order valence-corrected chi connectivity index (χ2v) is 7.80. The van der Waals surface area contributed by atoms with E-state index in [9.17, 15) is 14.7 Å². The Labute approximate surface area is 169 Å². The van der Waals surface area contributed by atoms with Crippen LogP contribution in [0.3, 0.4) is 0 Å². The summed E-state index contributed by atoms with van der Waals surface area (Å²) >= 11 is 0. The maximum absolute atomic E-state index is 12.8. The highest BCUT2D eigenvalue weighted by atomic mass is 16.4. The zero-order valence-electron chi connectivity index (χ0n) is 16.9. The molecule has 3 aromatic heterocycles. The molecule has 0 aromatic carbocycles. The average Bonchev–Trinajstić information content (AvgIpc) is 3.28. The number of aromatic carboxylic acids is 1. The summed E-state index contributed by atoms with van der Waals surface area (Å²) < 4.78 is 7.55. The molecule has 1 saturated carbocycles. The zero-order valence-corrected chi connectivity index (χ0v) is 16.9. The van der Waals surface area contributed by atoms with Crippen molar-refractivity contribution in [1.29, 1.82) is 0 Å². The van der Waals surface area contributed by atoms with Crippen LogP contribution in [-0.2, 0) is 4.79 Å². The second-order valence-electron chi connectivity index (χ2n) is 7.80. The van der Waals surface area contributed by atoms with E-state index >= 15 is 0 Å². The van der Waals surface area contributed by atoms with E-state index in [1.807, 2.05) is 35.3 Å². The number of nitrogens with zero attached hydrogens (tertiary/aromatic N) is 3. The van der Waals surface area contributed by atoms with Crippen molar-refractivity contribution in [2.24, 2.45) is 0 Å².